The van der Waals surface area contributed by atoms with E-state index in [0.717, 1.165) is 11.1 Å². The summed E-state index contributed by atoms with van der Waals surface area (Å²) in [5, 5.41) is 16.0. The van der Waals surface area contributed by atoms with E-state index in [1.54, 1.807) is 28.3 Å². The highest BCUT2D eigenvalue weighted by Crippen LogP contribution is 2.42. The molecule has 4 aliphatic rings. The topological polar surface area (TPSA) is 196 Å². The maximum Gasteiger partial charge on any atom is 0.329 e. The monoisotopic (exact) mass is 931 g/mol. The number of cyclic esters (lactones) is 1. The molecule has 2 saturated heterocycles. The number of hydrogen-bond donors (Lipinski definition) is 1. The van der Waals surface area contributed by atoms with E-state index < -0.39 is 80.2 Å². The highest BCUT2D eigenvalue weighted by molar-refractivity contribution is 6.74. The molecule has 0 aromatic heterocycles. The Morgan fingerprint density at radius 3 is 2.22 bits per heavy atom. The summed E-state index contributed by atoms with van der Waals surface area (Å²) in [6.45, 7) is 22.5. The smallest absolute Gasteiger partial charge is 0.329 e. The van der Waals surface area contributed by atoms with Crippen LogP contribution in [-0.4, -0.2) is 124 Å². The number of allylic oxidation sites excluding steroid dienone is 3. The van der Waals surface area contributed by atoms with Gasteiger partial charge in [0, 0.05) is 57.0 Å². The number of azide groups is 1. The highest BCUT2D eigenvalue weighted by atomic mass is 28.4. The largest absolute Gasteiger partial charge is 0.456 e. The predicted octanol–water partition coefficient (Wildman–Crippen LogP) is 8.82. The fourth-order valence-corrected chi connectivity index (χ4v) is 11.7. The van der Waals surface area contributed by atoms with Crippen LogP contribution in [0.4, 0.5) is 0 Å². The second-order valence-corrected chi connectivity index (χ2v) is 26.0. The van der Waals surface area contributed by atoms with Crippen molar-refractivity contribution in [1.82, 2.24) is 4.90 Å². The third kappa shape index (κ3) is 13.2. The first-order valence-electron chi connectivity index (χ1n) is 24.1. The summed E-state index contributed by atoms with van der Waals surface area (Å²) >= 11 is 0. The number of rotatable bonds is 9. The number of nitrogens with zero attached hydrogens (tertiary/aromatic N) is 4. The van der Waals surface area contributed by atoms with E-state index in [9.17, 15) is 29.8 Å². The molecule has 3 heterocycles. The minimum atomic E-state index is -2.54. The van der Waals surface area contributed by atoms with Crippen molar-refractivity contribution in [3.8, 4) is 0 Å². The first-order valence-corrected chi connectivity index (χ1v) is 27.0. The minimum absolute atomic E-state index is 0.00495. The van der Waals surface area contributed by atoms with Crippen LogP contribution in [-0.2, 0) is 47.3 Å². The quantitative estimate of drug-likeness (QED) is 0.0441. The Labute approximate surface area is 389 Å². The predicted molar refractivity (Wildman–Crippen MR) is 251 cm³/mol. The summed E-state index contributed by atoms with van der Waals surface area (Å²) in [7, 11) is 2.17. The van der Waals surface area contributed by atoms with Crippen molar-refractivity contribution in [3.63, 3.8) is 0 Å². The molecule has 1 saturated carbocycles. The second-order valence-electron chi connectivity index (χ2n) is 21.2. The number of esters is 1. The lowest BCUT2D eigenvalue weighted by atomic mass is 9.81. The molecule has 4 rings (SSSR count). The number of carbonyl (C=O) groups is 4. The van der Waals surface area contributed by atoms with E-state index in [0.29, 0.717) is 51.4 Å². The van der Waals surface area contributed by atoms with Crippen LogP contribution < -0.4 is 0 Å². The lowest BCUT2D eigenvalue weighted by Crippen LogP contribution is -2.64. The van der Waals surface area contributed by atoms with Crippen LogP contribution in [0.3, 0.4) is 0 Å². The first kappa shape index (κ1) is 54.7. The number of Topliss-reactive ketones (excluding diaryl/α,β-unsaturated/α-hetero) is 2. The minimum Gasteiger partial charge on any atom is -0.456 e. The van der Waals surface area contributed by atoms with Crippen molar-refractivity contribution in [2.45, 2.75) is 206 Å². The maximum atomic E-state index is 14.8. The molecule has 368 valence electrons. The zero-order valence-corrected chi connectivity index (χ0v) is 43.0. The van der Waals surface area contributed by atoms with Crippen molar-refractivity contribution in [2.75, 3.05) is 27.9 Å². The number of amides is 1. The van der Waals surface area contributed by atoms with E-state index in [1.807, 2.05) is 27.7 Å². The summed E-state index contributed by atoms with van der Waals surface area (Å²) in [5.74, 6) is -6.99. The van der Waals surface area contributed by atoms with E-state index in [2.05, 4.69) is 63.0 Å². The van der Waals surface area contributed by atoms with Gasteiger partial charge in [-0.05, 0) is 119 Å². The number of methoxy groups -OCH3 is 3. The Bertz CT molecular complexity index is 1780. The van der Waals surface area contributed by atoms with Crippen molar-refractivity contribution in [3.05, 3.63) is 33.7 Å². The number of carbonyl (C=O) groups excluding carboxylic acids is 4. The molecular weight excluding hydrogens is 849 g/mol. The number of aliphatic hydroxyl groups is 1. The zero-order chi connectivity index (χ0) is 48.6. The Morgan fingerprint density at radius 1 is 0.969 bits per heavy atom. The summed E-state index contributed by atoms with van der Waals surface area (Å²) in [5.41, 5.74) is 11.0. The van der Waals surface area contributed by atoms with E-state index in [4.69, 9.17) is 28.1 Å². The first-order chi connectivity index (χ1) is 30.5. The third-order valence-corrected chi connectivity index (χ3v) is 19.8. The average molecular weight is 931 g/mol. The molecular formula is C49H82N4O11Si. The maximum absolute atomic E-state index is 14.8. The fraction of sp³-hybridized carbons (Fsp3) is 0.837. The van der Waals surface area contributed by atoms with Crippen LogP contribution in [0.5, 0.6) is 0 Å². The molecule has 16 heteroatoms. The number of ketones is 2. The molecule has 65 heavy (non-hydrogen) atoms. The summed E-state index contributed by atoms with van der Waals surface area (Å²) in [6.07, 6.45) is 5.68. The van der Waals surface area contributed by atoms with Gasteiger partial charge >= 0.3 is 5.97 Å². The number of hydrogen-bond acceptors (Lipinski definition) is 12. The van der Waals surface area contributed by atoms with E-state index in [-0.39, 0.29) is 66.5 Å². The molecule has 3 fully saturated rings. The van der Waals surface area contributed by atoms with Crippen molar-refractivity contribution >= 4 is 31.8 Å². The molecule has 0 spiro atoms. The van der Waals surface area contributed by atoms with Crippen LogP contribution in [0, 0.1) is 29.6 Å². The van der Waals surface area contributed by atoms with Crippen LogP contribution in [0.25, 0.3) is 10.4 Å². The second kappa shape index (κ2) is 23.4. The van der Waals surface area contributed by atoms with Gasteiger partial charge in [0.2, 0.25) is 5.79 Å². The molecule has 1 N–H and O–H groups in total. The summed E-state index contributed by atoms with van der Waals surface area (Å²) in [4.78, 5) is 62.8. The van der Waals surface area contributed by atoms with Crippen LogP contribution in [0.1, 0.15) is 133 Å². The summed E-state index contributed by atoms with van der Waals surface area (Å²) < 4.78 is 37.8. The molecule has 3 aliphatic heterocycles. The molecule has 0 radical (unpaired) electrons. The number of fused-ring (bicyclic) bond motifs is 3. The van der Waals surface area contributed by atoms with Gasteiger partial charge in [-0.3, -0.25) is 14.4 Å². The zero-order valence-electron chi connectivity index (χ0n) is 42.0. The number of ether oxygens (including phenoxy) is 5. The van der Waals surface area contributed by atoms with Crippen LogP contribution in [0.15, 0.2) is 28.4 Å². The molecule has 14 unspecified atom stereocenters. The Kier molecular flexibility index (Phi) is 19.6. The van der Waals surface area contributed by atoms with Crippen molar-refractivity contribution in [1.29, 1.82) is 0 Å². The van der Waals surface area contributed by atoms with E-state index >= 15 is 0 Å². The van der Waals surface area contributed by atoms with Crippen LogP contribution >= 0.6 is 0 Å². The Hall–Kier alpha value is -2.95. The molecule has 14 atom stereocenters. The van der Waals surface area contributed by atoms with Gasteiger partial charge in [-0.15, -0.1) is 0 Å². The van der Waals surface area contributed by atoms with Crippen molar-refractivity contribution < 1.29 is 52.4 Å². The Balaban J connectivity index is 1.89. The van der Waals surface area contributed by atoms with Gasteiger partial charge in [0.25, 0.3) is 11.7 Å². The Morgan fingerprint density at radius 2 is 1.62 bits per heavy atom. The van der Waals surface area contributed by atoms with Crippen LogP contribution in [0.2, 0.25) is 18.1 Å². The third-order valence-electron chi connectivity index (χ3n) is 15.3. The molecule has 2 bridgehead atoms. The molecule has 15 nitrogen and oxygen atoms in total. The molecule has 1 aliphatic carbocycles. The highest BCUT2D eigenvalue weighted by Gasteiger charge is 2.57. The van der Waals surface area contributed by atoms with Gasteiger partial charge in [0.15, 0.2) is 8.32 Å². The molecule has 1 amide bonds. The average Bonchev–Trinajstić information content (AvgIpc) is 3.25. The molecule has 0 aromatic rings. The van der Waals surface area contributed by atoms with Gasteiger partial charge in [0.05, 0.1) is 30.5 Å². The van der Waals surface area contributed by atoms with Gasteiger partial charge in [-0.2, -0.15) is 0 Å². The number of piperidine rings is 1. The normalized spacial score (nSPS) is 37.0. The van der Waals surface area contributed by atoms with Gasteiger partial charge in [0.1, 0.15) is 24.0 Å². The van der Waals surface area contributed by atoms with Gasteiger partial charge in [-0.1, -0.05) is 71.3 Å². The summed E-state index contributed by atoms with van der Waals surface area (Å²) in [6, 6.07) is -1.42. The lowest BCUT2D eigenvalue weighted by Gasteiger charge is -2.47. The lowest BCUT2D eigenvalue weighted by molar-refractivity contribution is -0.302. The molecule has 0 aromatic carbocycles. The van der Waals surface area contributed by atoms with Gasteiger partial charge < -0.3 is 38.1 Å². The SMILES string of the molecule is CCC1C=C(C)CC(C)CC(OC)C2OC(O)(C(=O)C(=O)N3CCCCC3C(=O)OC(C(C)=CC3CCC(N=[N+]=[N-])C(OC)C3)C(C)C(O[Si](C)(C)C(C)(C)C)CC1=O)C(C)CC2OC. The van der Waals surface area contributed by atoms with Crippen molar-refractivity contribution in [2.24, 2.45) is 34.7 Å². The fourth-order valence-electron chi connectivity index (χ4n) is 10.3. The van der Waals surface area contributed by atoms with E-state index in [1.165, 1.54) is 4.90 Å². The van der Waals surface area contributed by atoms with Gasteiger partial charge in [-0.25, -0.2) is 4.79 Å². The standard InChI is InChI=1S/C49H82N4O11Si/c1-15-35-23-29(2)22-30(3)24-41(60-11)44-42(61-12)26-32(5)49(58,63-44)45(55)46(56)53-21-17-16-18-37(53)47(57)62-43(31(4)25-34-19-20-36(51-52-50)40(27-34)59-10)33(6)39(28-38(35)54)64-65(13,14)48(7,8)9/h23,25,30,32-37,39-44,58H,15-22,24,26-28H2,1-14H3.